The molecule has 0 fully saturated rings. The van der Waals surface area contributed by atoms with Gasteiger partial charge >= 0.3 is 0 Å². The molecular weight excluding hydrogens is 256 g/mol. The summed E-state index contributed by atoms with van der Waals surface area (Å²) in [6.07, 6.45) is 9.64. The van der Waals surface area contributed by atoms with Crippen molar-refractivity contribution in [2.75, 3.05) is 0 Å². The Kier molecular flexibility index (Phi) is 4.05. The first-order valence-electron chi connectivity index (χ1n) is 8.20. The molecule has 0 saturated carbocycles. The molecule has 21 heavy (non-hydrogen) atoms. The molecule has 1 unspecified atom stereocenters. The summed E-state index contributed by atoms with van der Waals surface area (Å²) in [5.74, 6) is 0.503. The molecule has 3 rings (SSSR count). The summed E-state index contributed by atoms with van der Waals surface area (Å²) in [6.45, 7) is 6.74. The number of aromatic nitrogens is 2. The topological polar surface area (TPSA) is 25.8 Å². The van der Waals surface area contributed by atoms with E-state index in [9.17, 15) is 0 Å². The zero-order chi connectivity index (χ0) is 14.8. The molecule has 0 spiro atoms. The van der Waals surface area contributed by atoms with Gasteiger partial charge in [-0.15, -0.1) is 0 Å². The molecule has 0 radical (unpaired) electrons. The third kappa shape index (κ3) is 2.59. The maximum absolute atomic E-state index is 5.06. The van der Waals surface area contributed by atoms with Crippen molar-refractivity contribution in [3.8, 4) is 11.1 Å². The molecule has 1 atom stereocenters. The van der Waals surface area contributed by atoms with Crippen LogP contribution in [0.3, 0.4) is 0 Å². The summed E-state index contributed by atoms with van der Waals surface area (Å²) >= 11 is 0. The number of aryl methyl sites for hydroxylation is 3. The SMILES string of the molecule is CCc1cnccc1-c1cc2c(nc1C(C)CC)CCC2. The fourth-order valence-electron chi connectivity index (χ4n) is 3.24. The molecule has 0 saturated heterocycles. The normalized spacial score (nSPS) is 15.0. The summed E-state index contributed by atoms with van der Waals surface area (Å²) in [5.41, 5.74) is 8.05. The van der Waals surface area contributed by atoms with Gasteiger partial charge < -0.3 is 0 Å². The molecule has 2 nitrogen and oxygen atoms in total. The summed E-state index contributed by atoms with van der Waals surface area (Å²) in [6, 6.07) is 4.56. The average molecular weight is 280 g/mol. The van der Waals surface area contributed by atoms with Crippen LogP contribution in [0.1, 0.15) is 62.0 Å². The Morgan fingerprint density at radius 1 is 1.19 bits per heavy atom. The largest absolute Gasteiger partial charge is 0.264 e. The van der Waals surface area contributed by atoms with Gasteiger partial charge in [0, 0.05) is 23.7 Å². The van der Waals surface area contributed by atoms with Gasteiger partial charge in [0.15, 0.2) is 0 Å². The lowest BCUT2D eigenvalue weighted by molar-refractivity contribution is 0.704. The Morgan fingerprint density at radius 3 is 2.81 bits per heavy atom. The average Bonchev–Trinajstić information content (AvgIpc) is 3.00. The maximum Gasteiger partial charge on any atom is 0.0513 e. The van der Waals surface area contributed by atoms with Crippen molar-refractivity contribution in [2.24, 2.45) is 0 Å². The lowest BCUT2D eigenvalue weighted by Gasteiger charge is -2.18. The first-order valence-corrected chi connectivity index (χ1v) is 8.20. The third-order valence-corrected chi connectivity index (χ3v) is 4.73. The van der Waals surface area contributed by atoms with Crippen LogP contribution < -0.4 is 0 Å². The number of hydrogen-bond acceptors (Lipinski definition) is 2. The van der Waals surface area contributed by atoms with Crippen molar-refractivity contribution < 1.29 is 0 Å². The zero-order valence-corrected chi connectivity index (χ0v) is 13.3. The van der Waals surface area contributed by atoms with E-state index in [0.29, 0.717) is 5.92 Å². The predicted molar refractivity (Wildman–Crippen MR) is 87.6 cm³/mol. The molecule has 2 aromatic heterocycles. The highest BCUT2D eigenvalue weighted by molar-refractivity contribution is 5.70. The van der Waals surface area contributed by atoms with Gasteiger partial charge in [0.25, 0.3) is 0 Å². The van der Waals surface area contributed by atoms with E-state index < -0.39 is 0 Å². The van der Waals surface area contributed by atoms with Crippen LogP contribution in [0.15, 0.2) is 24.5 Å². The zero-order valence-electron chi connectivity index (χ0n) is 13.3. The summed E-state index contributed by atoms with van der Waals surface area (Å²) < 4.78 is 0. The van der Waals surface area contributed by atoms with Gasteiger partial charge in [-0.25, -0.2) is 0 Å². The van der Waals surface area contributed by atoms with Gasteiger partial charge in [-0.1, -0.05) is 20.8 Å². The second-order valence-electron chi connectivity index (χ2n) is 6.08. The van der Waals surface area contributed by atoms with Crippen molar-refractivity contribution in [3.63, 3.8) is 0 Å². The molecule has 0 amide bonds. The maximum atomic E-state index is 5.06. The van der Waals surface area contributed by atoms with Crippen molar-refractivity contribution >= 4 is 0 Å². The van der Waals surface area contributed by atoms with E-state index in [-0.39, 0.29) is 0 Å². The number of rotatable bonds is 4. The Morgan fingerprint density at radius 2 is 2.05 bits per heavy atom. The smallest absolute Gasteiger partial charge is 0.0513 e. The number of fused-ring (bicyclic) bond motifs is 1. The molecule has 0 bridgehead atoms. The van der Waals surface area contributed by atoms with E-state index in [4.69, 9.17) is 4.98 Å². The minimum Gasteiger partial charge on any atom is -0.264 e. The van der Waals surface area contributed by atoms with E-state index in [1.54, 1.807) is 0 Å². The van der Waals surface area contributed by atoms with E-state index in [0.717, 1.165) is 19.3 Å². The quantitative estimate of drug-likeness (QED) is 0.810. The Hall–Kier alpha value is -1.70. The van der Waals surface area contributed by atoms with Crippen molar-refractivity contribution in [1.29, 1.82) is 0 Å². The Bertz CT molecular complexity index is 646. The molecule has 0 aliphatic heterocycles. The van der Waals surface area contributed by atoms with Crippen LogP contribution >= 0.6 is 0 Å². The number of pyridine rings is 2. The standard InChI is InChI=1S/C19H24N2/c1-4-13(3)19-17(11-15-7-6-8-18(15)21-19)16-9-10-20-12-14(16)5-2/h9-13H,4-8H2,1-3H3. The highest BCUT2D eigenvalue weighted by Crippen LogP contribution is 2.35. The van der Waals surface area contributed by atoms with Crippen LogP contribution in [0.2, 0.25) is 0 Å². The van der Waals surface area contributed by atoms with Crippen molar-refractivity contribution in [1.82, 2.24) is 9.97 Å². The highest BCUT2D eigenvalue weighted by atomic mass is 14.7. The predicted octanol–water partition coefficient (Wildman–Crippen LogP) is 4.71. The lowest BCUT2D eigenvalue weighted by atomic mass is 9.91. The summed E-state index contributed by atoms with van der Waals surface area (Å²) in [7, 11) is 0. The first-order chi connectivity index (χ1) is 10.2. The van der Waals surface area contributed by atoms with Gasteiger partial charge in [0.2, 0.25) is 0 Å². The molecule has 110 valence electrons. The number of hydrogen-bond donors (Lipinski definition) is 0. The first kappa shape index (κ1) is 14.2. The van der Waals surface area contributed by atoms with Crippen LogP contribution in [0, 0.1) is 0 Å². The Labute approximate surface area is 127 Å². The molecule has 2 heterocycles. The van der Waals surface area contributed by atoms with Crippen LogP contribution in [0.4, 0.5) is 0 Å². The van der Waals surface area contributed by atoms with Crippen molar-refractivity contribution in [2.45, 2.75) is 58.8 Å². The van der Waals surface area contributed by atoms with Crippen molar-refractivity contribution in [3.05, 3.63) is 47.0 Å². The second-order valence-corrected chi connectivity index (χ2v) is 6.08. The molecule has 1 aliphatic rings. The molecule has 1 aliphatic carbocycles. The van der Waals surface area contributed by atoms with E-state index in [1.165, 1.54) is 46.5 Å². The van der Waals surface area contributed by atoms with Crippen LogP contribution in [0.5, 0.6) is 0 Å². The summed E-state index contributed by atoms with van der Waals surface area (Å²) in [4.78, 5) is 9.34. The Balaban J connectivity index is 2.20. The van der Waals surface area contributed by atoms with Gasteiger partial charge in [0.05, 0.1) is 5.69 Å². The fraction of sp³-hybridized carbons (Fsp3) is 0.474. The van der Waals surface area contributed by atoms with Crippen LogP contribution in [0.25, 0.3) is 11.1 Å². The monoisotopic (exact) mass is 280 g/mol. The summed E-state index contributed by atoms with van der Waals surface area (Å²) in [5, 5.41) is 0. The highest BCUT2D eigenvalue weighted by Gasteiger charge is 2.20. The van der Waals surface area contributed by atoms with Crippen LogP contribution in [-0.2, 0) is 19.3 Å². The van der Waals surface area contributed by atoms with E-state index in [2.05, 4.69) is 37.9 Å². The lowest BCUT2D eigenvalue weighted by Crippen LogP contribution is -2.04. The van der Waals surface area contributed by atoms with Crippen LogP contribution in [-0.4, -0.2) is 9.97 Å². The second kappa shape index (κ2) is 5.97. The minimum absolute atomic E-state index is 0.503. The van der Waals surface area contributed by atoms with E-state index in [1.807, 2.05) is 12.4 Å². The minimum atomic E-state index is 0.503. The molecular formula is C19H24N2. The van der Waals surface area contributed by atoms with E-state index >= 15 is 0 Å². The molecule has 0 aromatic carbocycles. The van der Waals surface area contributed by atoms with Gasteiger partial charge in [-0.2, -0.15) is 0 Å². The van der Waals surface area contributed by atoms with Gasteiger partial charge in [-0.05, 0) is 66.8 Å². The third-order valence-electron chi connectivity index (χ3n) is 4.73. The van der Waals surface area contributed by atoms with Gasteiger partial charge in [-0.3, -0.25) is 9.97 Å². The molecule has 0 N–H and O–H groups in total. The molecule has 2 heteroatoms. The number of nitrogens with zero attached hydrogens (tertiary/aromatic N) is 2. The van der Waals surface area contributed by atoms with Gasteiger partial charge in [0.1, 0.15) is 0 Å². The molecule has 2 aromatic rings. The fourth-order valence-corrected chi connectivity index (χ4v) is 3.24.